The van der Waals surface area contributed by atoms with E-state index >= 15 is 0 Å². The molecule has 44 valence electrons. The van der Waals surface area contributed by atoms with Crippen LogP contribution in [-0.2, 0) is 4.84 Å². The van der Waals surface area contributed by atoms with Crippen LogP contribution in [0.5, 0.6) is 0 Å². The maximum Gasteiger partial charge on any atom is 0.170 e. The molecule has 0 rings (SSSR count). The van der Waals surface area contributed by atoms with Crippen LogP contribution >= 0.6 is 0 Å². The Hall–Kier alpha value is -1.04. The van der Waals surface area contributed by atoms with Crippen LogP contribution in [0, 0.1) is 22.9 Å². The second-order valence-electron chi connectivity index (χ2n) is 1.57. The fourth-order valence-electron chi connectivity index (χ4n) is 0.163. The van der Waals surface area contributed by atoms with Crippen molar-refractivity contribution in [2.45, 2.75) is 13.8 Å². The minimum Gasteiger partial charge on any atom is -0.268 e. The van der Waals surface area contributed by atoms with E-state index in [-0.39, 0.29) is 5.92 Å². The fraction of sp³-hybridized carbons (Fsp3) is 0.600. The molecule has 0 spiro atoms. The summed E-state index contributed by atoms with van der Waals surface area (Å²) in [4.78, 5) is 13.1. The molecule has 0 heterocycles. The quantitative estimate of drug-likeness (QED) is 0.292. The number of hydrogen-bond acceptors (Lipinski definition) is 3. The van der Waals surface area contributed by atoms with Crippen molar-refractivity contribution in [3.63, 3.8) is 0 Å². The first-order valence-corrected chi connectivity index (χ1v) is 2.26. The molecule has 3 nitrogen and oxygen atoms in total. The van der Waals surface area contributed by atoms with Gasteiger partial charge in [0.25, 0.3) is 0 Å². The van der Waals surface area contributed by atoms with Gasteiger partial charge in [0.05, 0.1) is 0 Å². The van der Waals surface area contributed by atoms with Crippen molar-refractivity contribution in [2.75, 3.05) is 0 Å². The minimum absolute atomic E-state index is 0.219. The molecule has 0 fully saturated rings. The molecule has 0 unspecified atom stereocenters. The zero-order valence-electron chi connectivity index (χ0n) is 4.84. The normalized spacial score (nSPS) is 7.38. The molecule has 0 atom stereocenters. The third-order valence-electron chi connectivity index (χ3n) is 0.431. The summed E-state index contributed by atoms with van der Waals surface area (Å²) in [5.74, 6) is 2.80. The Kier molecular flexibility index (Phi) is 3.59. The molecule has 0 aliphatic carbocycles. The van der Waals surface area contributed by atoms with Gasteiger partial charge in [-0.2, -0.15) is 0 Å². The zero-order chi connectivity index (χ0) is 6.41. The summed E-state index contributed by atoms with van der Waals surface area (Å²) in [6.45, 7) is 3.78. The summed E-state index contributed by atoms with van der Waals surface area (Å²) in [7, 11) is 0. The Morgan fingerprint density at radius 2 is 2.25 bits per heavy atom. The molecule has 0 amide bonds. The molecule has 0 aromatic carbocycles. The standard InChI is InChI=1S/C5H7NO2/c1-5(2)3-4-8-6-7/h5H,1-2H3. The van der Waals surface area contributed by atoms with Gasteiger partial charge in [0.2, 0.25) is 0 Å². The summed E-state index contributed by atoms with van der Waals surface area (Å²) in [5, 5.41) is 2.08. The average molecular weight is 113 g/mol. The van der Waals surface area contributed by atoms with Gasteiger partial charge in [-0.25, -0.2) is 0 Å². The molecule has 0 N–H and O–H groups in total. The highest BCUT2D eigenvalue weighted by atomic mass is 16.7. The first-order valence-electron chi connectivity index (χ1n) is 2.26. The molecule has 0 radical (unpaired) electrons. The summed E-state index contributed by atoms with van der Waals surface area (Å²) >= 11 is 0. The average Bonchev–Trinajstić information content (AvgIpc) is 1.66. The minimum atomic E-state index is 0.219. The van der Waals surface area contributed by atoms with Gasteiger partial charge in [-0.15, -0.1) is 4.91 Å². The van der Waals surface area contributed by atoms with E-state index in [2.05, 4.69) is 22.2 Å². The van der Waals surface area contributed by atoms with Crippen molar-refractivity contribution in [1.82, 2.24) is 0 Å². The van der Waals surface area contributed by atoms with E-state index in [1.54, 1.807) is 0 Å². The van der Waals surface area contributed by atoms with E-state index in [1.807, 2.05) is 13.8 Å². The third kappa shape index (κ3) is 4.96. The highest BCUT2D eigenvalue weighted by molar-refractivity contribution is 4.93. The summed E-state index contributed by atoms with van der Waals surface area (Å²) in [6, 6.07) is 0. The lowest BCUT2D eigenvalue weighted by Crippen LogP contribution is -1.77. The Morgan fingerprint density at radius 1 is 1.62 bits per heavy atom. The molecular formula is C5H7NO2. The van der Waals surface area contributed by atoms with E-state index in [4.69, 9.17) is 0 Å². The summed E-state index contributed by atoms with van der Waals surface area (Å²) in [6.07, 6.45) is 2.11. The van der Waals surface area contributed by atoms with Crippen LogP contribution in [0.3, 0.4) is 0 Å². The maximum absolute atomic E-state index is 9.21. The first kappa shape index (κ1) is 6.96. The molecular weight excluding hydrogens is 106 g/mol. The van der Waals surface area contributed by atoms with Crippen LogP contribution in [0.2, 0.25) is 0 Å². The van der Waals surface area contributed by atoms with E-state index in [1.165, 1.54) is 0 Å². The second kappa shape index (κ2) is 4.13. The molecule has 0 aromatic rings. The highest BCUT2D eigenvalue weighted by Gasteiger charge is 1.79. The topological polar surface area (TPSA) is 38.7 Å². The van der Waals surface area contributed by atoms with Crippen LogP contribution in [0.1, 0.15) is 13.8 Å². The molecule has 0 aromatic heterocycles. The van der Waals surface area contributed by atoms with Crippen molar-refractivity contribution in [2.24, 2.45) is 11.3 Å². The number of hydrogen-bond donors (Lipinski definition) is 0. The van der Waals surface area contributed by atoms with Gasteiger partial charge in [-0.3, -0.25) is 4.84 Å². The SMILES string of the molecule is CC(C)C#CON=O. The Labute approximate surface area is 48.0 Å². The van der Waals surface area contributed by atoms with Gasteiger partial charge in [-0.1, -0.05) is 19.8 Å². The molecule has 0 bridgehead atoms. The van der Waals surface area contributed by atoms with Gasteiger partial charge in [-0.05, 0) is 0 Å². The van der Waals surface area contributed by atoms with Crippen molar-refractivity contribution in [3.8, 4) is 12.0 Å². The van der Waals surface area contributed by atoms with Gasteiger partial charge < -0.3 is 0 Å². The fourth-order valence-corrected chi connectivity index (χ4v) is 0.163. The number of nitrogens with zero attached hydrogens (tertiary/aromatic N) is 1. The second-order valence-corrected chi connectivity index (χ2v) is 1.57. The van der Waals surface area contributed by atoms with Crippen LogP contribution in [-0.4, -0.2) is 0 Å². The Bertz CT molecular complexity index is 120. The van der Waals surface area contributed by atoms with Gasteiger partial charge in [0.15, 0.2) is 11.4 Å². The van der Waals surface area contributed by atoms with E-state index in [0.717, 1.165) is 0 Å². The van der Waals surface area contributed by atoms with Gasteiger partial charge in [0.1, 0.15) is 0 Å². The molecule has 0 aliphatic rings. The van der Waals surface area contributed by atoms with Crippen LogP contribution in [0.25, 0.3) is 0 Å². The lowest BCUT2D eigenvalue weighted by atomic mass is 10.2. The largest absolute Gasteiger partial charge is 0.268 e. The van der Waals surface area contributed by atoms with Crippen LogP contribution in [0.4, 0.5) is 0 Å². The van der Waals surface area contributed by atoms with Crippen molar-refractivity contribution in [3.05, 3.63) is 4.91 Å². The molecule has 0 saturated heterocycles. The Balaban J connectivity index is 3.34. The zero-order valence-corrected chi connectivity index (χ0v) is 4.84. The van der Waals surface area contributed by atoms with E-state index in [0.29, 0.717) is 0 Å². The predicted octanol–water partition coefficient (Wildman–Crippen LogP) is 1.30. The molecule has 0 saturated carbocycles. The van der Waals surface area contributed by atoms with E-state index < -0.39 is 0 Å². The monoisotopic (exact) mass is 113 g/mol. The van der Waals surface area contributed by atoms with Crippen LogP contribution in [0.15, 0.2) is 5.34 Å². The highest BCUT2D eigenvalue weighted by Crippen LogP contribution is 1.85. The smallest absolute Gasteiger partial charge is 0.170 e. The Morgan fingerprint density at radius 3 is 2.62 bits per heavy atom. The first-order chi connectivity index (χ1) is 3.77. The lowest BCUT2D eigenvalue weighted by molar-refractivity contribution is 0.291. The maximum atomic E-state index is 9.21. The number of rotatable bonds is 1. The van der Waals surface area contributed by atoms with Crippen molar-refractivity contribution >= 4 is 0 Å². The molecule has 3 heteroatoms. The summed E-state index contributed by atoms with van der Waals surface area (Å²) in [5.41, 5.74) is 0. The molecule has 8 heavy (non-hydrogen) atoms. The van der Waals surface area contributed by atoms with Crippen molar-refractivity contribution in [1.29, 1.82) is 0 Å². The lowest BCUT2D eigenvalue weighted by Gasteiger charge is -1.82. The van der Waals surface area contributed by atoms with Gasteiger partial charge in [0, 0.05) is 5.92 Å². The van der Waals surface area contributed by atoms with Crippen molar-refractivity contribution < 1.29 is 4.84 Å². The molecule has 0 aliphatic heterocycles. The van der Waals surface area contributed by atoms with E-state index in [9.17, 15) is 4.91 Å². The predicted molar refractivity (Wildman–Crippen MR) is 29.5 cm³/mol. The van der Waals surface area contributed by atoms with Gasteiger partial charge >= 0.3 is 0 Å². The third-order valence-corrected chi connectivity index (χ3v) is 0.431. The van der Waals surface area contributed by atoms with Crippen LogP contribution < -0.4 is 0 Å². The summed E-state index contributed by atoms with van der Waals surface area (Å²) < 4.78 is 0.